The molecule has 0 bridgehead atoms. The lowest BCUT2D eigenvalue weighted by Crippen LogP contribution is -2.49. The molecule has 1 aliphatic heterocycles. The van der Waals surface area contributed by atoms with Crippen molar-refractivity contribution in [3.05, 3.63) is 89.0 Å². The predicted molar refractivity (Wildman–Crippen MR) is 164 cm³/mol. The highest BCUT2D eigenvalue weighted by Gasteiger charge is 2.26. The summed E-state index contributed by atoms with van der Waals surface area (Å²) in [4.78, 5) is 43.6. The van der Waals surface area contributed by atoms with Gasteiger partial charge in [0.25, 0.3) is 17.7 Å². The number of benzene rings is 3. The van der Waals surface area contributed by atoms with E-state index in [-0.39, 0.29) is 29.8 Å². The number of carbonyl (C=O) groups excluding carboxylic acids is 3. The Bertz CT molecular complexity index is 1440. The Morgan fingerprint density at radius 2 is 1.50 bits per heavy atom. The van der Waals surface area contributed by atoms with E-state index >= 15 is 0 Å². The summed E-state index contributed by atoms with van der Waals surface area (Å²) < 4.78 is 5.28. The van der Waals surface area contributed by atoms with Crippen molar-refractivity contribution in [3.8, 4) is 5.75 Å². The van der Waals surface area contributed by atoms with Crippen molar-refractivity contribution in [2.75, 3.05) is 43.5 Å². The van der Waals surface area contributed by atoms with Crippen LogP contribution in [-0.2, 0) is 0 Å². The van der Waals surface area contributed by atoms with Crippen molar-refractivity contribution in [1.29, 1.82) is 0 Å². The summed E-state index contributed by atoms with van der Waals surface area (Å²) in [5.74, 6) is 0.189. The topological polar surface area (TPSA) is 117 Å². The van der Waals surface area contributed by atoms with E-state index in [9.17, 15) is 14.4 Å². The van der Waals surface area contributed by atoms with Crippen LogP contribution >= 0.6 is 0 Å². The van der Waals surface area contributed by atoms with E-state index < -0.39 is 0 Å². The zero-order valence-corrected chi connectivity index (χ0v) is 24.3. The van der Waals surface area contributed by atoms with Crippen LogP contribution in [0.25, 0.3) is 0 Å². The van der Waals surface area contributed by atoms with Crippen LogP contribution in [0.2, 0.25) is 0 Å². The smallest absolute Gasteiger partial charge is 0.255 e. The number of amides is 3. The number of rotatable bonds is 7. The number of hydrogen-bond donors (Lipinski definition) is 3. The van der Waals surface area contributed by atoms with Crippen LogP contribution in [0.3, 0.4) is 0 Å². The molecule has 1 saturated carbocycles. The third-order valence-electron chi connectivity index (χ3n) is 8.12. The number of ether oxygens (including phenoxy) is 1. The molecule has 1 heterocycles. The highest BCUT2D eigenvalue weighted by atomic mass is 16.5. The molecule has 1 saturated heterocycles. The molecular formula is C33H39N5O4. The fourth-order valence-electron chi connectivity index (χ4n) is 5.66. The highest BCUT2D eigenvalue weighted by molar-refractivity contribution is 6.07. The minimum atomic E-state index is -0.245. The van der Waals surface area contributed by atoms with Crippen molar-refractivity contribution in [2.45, 2.75) is 44.7 Å². The van der Waals surface area contributed by atoms with Crippen LogP contribution in [0.5, 0.6) is 5.75 Å². The Hall–Kier alpha value is -4.37. The van der Waals surface area contributed by atoms with Gasteiger partial charge in [0.2, 0.25) is 0 Å². The van der Waals surface area contributed by atoms with Crippen LogP contribution in [0.4, 0.5) is 11.4 Å². The van der Waals surface area contributed by atoms with Crippen molar-refractivity contribution < 1.29 is 19.1 Å². The van der Waals surface area contributed by atoms with Gasteiger partial charge in [-0.15, -0.1) is 0 Å². The van der Waals surface area contributed by atoms with Gasteiger partial charge in [-0.05, 0) is 81.1 Å². The second-order valence-electron chi connectivity index (χ2n) is 11.2. The Morgan fingerprint density at radius 3 is 2.21 bits per heavy atom. The van der Waals surface area contributed by atoms with E-state index in [1.165, 1.54) is 0 Å². The molecule has 3 amide bonds. The number of nitrogens with one attached hydrogen (secondary N) is 2. The van der Waals surface area contributed by atoms with Gasteiger partial charge in [-0.2, -0.15) is 0 Å². The first-order chi connectivity index (χ1) is 20.3. The molecule has 0 unspecified atom stereocenters. The number of nitrogens with two attached hydrogens (primary N) is 1. The quantitative estimate of drug-likeness (QED) is 0.392. The summed E-state index contributed by atoms with van der Waals surface area (Å²) in [5.41, 5.74) is 10.0. The Kier molecular flexibility index (Phi) is 9.07. The third kappa shape index (κ3) is 6.91. The summed E-state index contributed by atoms with van der Waals surface area (Å²) in [6, 6.07) is 20.3. The van der Waals surface area contributed by atoms with Gasteiger partial charge < -0.3 is 30.9 Å². The van der Waals surface area contributed by atoms with Crippen LogP contribution in [0.1, 0.15) is 62.3 Å². The number of hydrogen-bond acceptors (Lipinski definition) is 6. The zero-order valence-electron chi connectivity index (χ0n) is 24.3. The fraction of sp³-hybridized carbons (Fsp3) is 0.364. The zero-order chi connectivity index (χ0) is 29.6. The van der Waals surface area contributed by atoms with Gasteiger partial charge in [0.1, 0.15) is 5.75 Å². The molecule has 220 valence electrons. The van der Waals surface area contributed by atoms with Gasteiger partial charge in [-0.25, -0.2) is 0 Å². The largest absolute Gasteiger partial charge is 0.497 e. The first kappa shape index (κ1) is 29.1. The predicted octanol–water partition coefficient (Wildman–Crippen LogP) is 4.22. The van der Waals surface area contributed by atoms with Crippen LogP contribution < -0.4 is 26.0 Å². The summed E-state index contributed by atoms with van der Waals surface area (Å²) >= 11 is 0. The summed E-state index contributed by atoms with van der Waals surface area (Å²) in [5, 5.41) is 6.20. The number of aryl methyl sites for hydroxylation is 1. The SMILES string of the molecule is COc1cccc(C(=O)N2CCN(c3ccc(C(=O)NC4CCC(N)CC4)cc3NC(=O)c3cccc(C)c3)CC2)c1. The Morgan fingerprint density at radius 1 is 0.810 bits per heavy atom. The summed E-state index contributed by atoms with van der Waals surface area (Å²) in [6.45, 7) is 4.14. The number of carbonyl (C=O) groups is 3. The number of methoxy groups -OCH3 is 1. The molecular weight excluding hydrogens is 530 g/mol. The molecule has 2 fully saturated rings. The maximum Gasteiger partial charge on any atom is 0.255 e. The third-order valence-corrected chi connectivity index (χ3v) is 8.12. The molecule has 9 heteroatoms. The van der Waals surface area contributed by atoms with Gasteiger partial charge >= 0.3 is 0 Å². The van der Waals surface area contributed by atoms with Crippen molar-refractivity contribution in [2.24, 2.45) is 5.73 Å². The standard InChI is InChI=1S/C33H39N5O4/c1-22-5-3-6-23(19-22)32(40)36-29-21-24(31(39)35-27-12-10-26(34)11-13-27)9-14-30(29)37-15-17-38(18-16-37)33(41)25-7-4-8-28(20-25)42-2/h3-9,14,19-21,26-27H,10-13,15-18,34H2,1-2H3,(H,35,39)(H,36,40). The van der Waals surface area contributed by atoms with Gasteiger partial charge in [0.15, 0.2) is 0 Å². The average Bonchev–Trinajstić information content (AvgIpc) is 3.02. The van der Waals surface area contributed by atoms with Crippen LogP contribution in [0, 0.1) is 6.92 Å². The monoisotopic (exact) mass is 569 g/mol. The first-order valence-electron chi connectivity index (χ1n) is 14.6. The fourth-order valence-corrected chi connectivity index (χ4v) is 5.66. The maximum absolute atomic E-state index is 13.3. The van der Waals surface area contributed by atoms with E-state index in [0.717, 1.165) is 36.9 Å². The molecule has 3 aromatic carbocycles. The molecule has 0 aromatic heterocycles. The van der Waals surface area contributed by atoms with Crippen LogP contribution in [-0.4, -0.2) is 68.0 Å². The van der Waals surface area contributed by atoms with Crippen LogP contribution in [0.15, 0.2) is 66.7 Å². The van der Waals surface area contributed by atoms with E-state index in [0.29, 0.717) is 54.3 Å². The molecule has 42 heavy (non-hydrogen) atoms. The molecule has 0 radical (unpaired) electrons. The normalized spacial score (nSPS) is 18.7. The minimum absolute atomic E-state index is 0.0442. The van der Waals surface area contributed by atoms with Crippen molar-refractivity contribution >= 4 is 29.1 Å². The molecule has 0 atom stereocenters. The van der Waals surface area contributed by atoms with E-state index in [1.807, 2.05) is 48.2 Å². The second-order valence-corrected chi connectivity index (χ2v) is 11.2. The van der Waals surface area contributed by atoms with Gasteiger partial charge in [-0.3, -0.25) is 14.4 Å². The average molecular weight is 570 g/mol. The lowest BCUT2D eigenvalue weighted by atomic mass is 9.91. The molecule has 3 aromatic rings. The molecule has 0 spiro atoms. The lowest BCUT2D eigenvalue weighted by molar-refractivity contribution is 0.0746. The highest BCUT2D eigenvalue weighted by Crippen LogP contribution is 2.30. The Labute approximate surface area is 247 Å². The van der Waals surface area contributed by atoms with Crippen molar-refractivity contribution in [1.82, 2.24) is 10.2 Å². The van der Waals surface area contributed by atoms with Gasteiger partial charge in [0.05, 0.1) is 18.5 Å². The molecule has 9 nitrogen and oxygen atoms in total. The lowest BCUT2D eigenvalue weighted by Gasteiger charge is -2.37. The maximum atomic E-state index is 13.3. The Balaban J connectivity index is 1.34. The number of piperazine rings is 1. The summed E-state index contributed by atoms with van der Waals surface area (Å²) in [7, 11) is 1.58. The molecule has 2 aliphatic rings. The molecule has 1 aliphatic carbocycles. The minimum Gasteiger partial charge on any atom is -0.497 e. The van der Waals surface area contributed by atoms with E-state index in [4.69, 9.17) is 10.5 Å². The first-order valence-corrected chi connectivity index (χ1v) is 14.6. The number of anilines is 2. The molecule has 4 N–H and O–H groups in total. The summed E-state index contributed by atoms with van der Waals surface area (Å²) in [6.07, 6.45) is 3.52. The number of nitrogens with zero attached hydrogens (tertiary/aromatic N) is 2. The molecule has 5 rings (SSSR count). The van der Waals surface area contributed by atoms with E-state index in [1.54, 1.807) is 37.4 Å². The van der Waals surface area contributed by atoms with Crippen molar-refractivity contribution in [3.63, 3.8) is 0 Å². The van der Waals surface area contributed by atoms with E-state index in [2.05, 4.69) is 15.5 Å². The van der Waals surface area contributed by atoms with Gasteiger partial charge in [0, 0.05) is 55.0 Å². The van der Waals surface area contributed by atoms with Gasteiger partial charge in [-0.1, -0.05) is 23.8 Å². The second kappa shape index (κ2) is 13.1.